The van der Waals surface area contributed by atoms with Crippen LogP contribution < -0.4 is 5.32 Å². The fourth-order valence-electron chi connectivity index (χ4n) is 2.77. The van der Waals surface area contributed by atoms with E-state index in [1.54, 1.807) is 0 Å². The summed E-state index contributed by atoms with van der Waals surface area (Å²) in [4.78, 5) is 35.9. The zero-order valence-electron chi connectivity index (χ0n) is 14.9. The van der Waals surface area contributed by atoms with Crippen LogP contribution in [-0.4, -0.2) is 30.8 Å². The number of rotatable bonds is 6. The van der Waals surface area contributed by atoms with Crippen LogP contribution in [0.25, 0.3) is 0 Å². The van der Waals surface area contributed by atoms with Crippen molar-refractivity contribution in [3.8, 4) is 0 Å². The normalized spacial score (nSPS) is 10.3. The lowest BCUT2D eigenvalue weighted by molar-refractivity contribution is -0.141. The Labute approximate surface area is 151 Å². The molecule has 0 atom stereocenters. The Bertz CT molecular complexity index is 838. The first-order valence-electron chi connectivity index (χ1n) is 8.08. The van der Waals surface area contributed by atoms with Gasteiger partial charge in [-0.3, -0.25) is 14.4 Å². The van der Waals surface area contributed by atoms with Gasteiger partial charge in [-0.25, -0.2) is 4.39 Å². The molecule has 0 radical (unpaired) electrons. The van der Waals surface area contributed by atoms with Crippen molar-refractivity contribution < 1.29 is 23.5 Å². The van der Waals surface area contributed by atoms with Gasteiger partial charge in [-0.2, -0.15) is 0 Å². The molecular weight excluding hydrogens is 337 g/mol. The number of nitrogens with one attached hydrogen (secondary N) is 1. The summed E-state index contributed by atoms with van der Waals surface area (Å²) in [6, 6.07) is 8.88. The van der Waals surface area contributed by atoms with E-state index in [0.717, 1.165) is 22.8 Å². The molecule has 0 heterocycles. The average molecular weight is 357 g/mol. The molecule has 2 rings (SSSR count). The molecule has 0 aliphatic heterocycles. The van der Waals surface area contributed by atoms with Crippen molar-refractivity contribution in [3.05, 3.63) is 70.0 Å². The summed E-state index contributed by atoms with van der Waals surface area (Å²) in [5.74, 6) is -2.19. The lowest BCUT2D eigenvalue weighted by Gasteiger charge is -2.11. The fraction of sp³-hybridized carbons (Fsp3) is 0.250. The molecule has 5 nitrogen and oxygen atoms in total. The van der Waals surface area contributed by atoms with E-state index in [0.29, 0.717) is 5.56 Å². The lowest BCUT2D eigenvalue weighted by Crippen LogP contribution is -2.31. The quantitative estimate of drug-likeness (QED) is 0.637. The number of esters is 1. The summed E-state index contributed by atoms with van der Waals surface area (Å²) in [5, 5.41) is 2.33. The van der Waals surface area contributed by atoms with E-state index in [1.807, 2.05) is 32.9 Å². The first kappa shape index (κ1) is 19.3. The van der Waals surface area contributed by atoms with E-state index < -0.39 is 30.8 Å². The third-order valence-electron chi connectivity index (χ3n) is 3.80. The van der Waals surface area contributed by atoms with E-state index in [4.69, 9.17) is 4.74 Å². The molecule has 0 spiro atoms. The molecule has 0 aliphatic carbocycles. The first-order chi connectivity index (χ1) is 12.3. The van der Waals surface area contributed by atoms with Crippen LogP contribution in [0.5, 0.6) is 0 Å². The van der Waals surface area contributed by atoms with E-state index in [2.05, 4.69) is 5.32 Å². The molecule has 1 N–H and O–H groups in total. The number of carbonyl (C=O) groups excluding carboxylic acids is 3. The minimum absolute atomic E-state index is 0.0970. The molecule has 6 heteroatoms. The van der Waals surface area contributed by atoms with Gasteiger partial charge >= 0.3 is 5.97 Å². The van der Waals surface area contributed by atoms with Crippen molar-refractivity contribution in [2.75, 3.05) is 13.2 Å². The number of ether oxygens (including phenoxy) is 1. The standard InChI is InChI=1S/C20H20FNO4/c1-12-7-13(2)19(14(3)8-12)17(23)11-26-18(24)10-22-20(25)15-5-4-6-16(21)9-15/h4-9H,10-11H2,1-3H3,(H,22,25). The third kappa shape index (κ3) is 4.99. The van der Waals surface area contributed by atoms with Crippen LogP contribution in [0.15, 0.2) is 36.4 Å². The number of hydrogen-bond acceptors (Lipinski definition) is 4. The second-order valence-corrected chi connectivity index (χ2v) is 6.05. The van der Waals surface area contributed by atoms with Gasteiger partial charge in [0.15, 0.2) is 6.61 Å². The lowest BCUT2D eigenvalue weighted by atomic mass is 9.97. The van der Waals surface area contributed by atoms with Crippen molar-refractivity contribution in [1.82, 2.24) is 5.32 Å². The Balaban J connectivity index is 1.87. The molecule has 26 heavy (non-hydrogen) atoms. The number of hydrogen-bond donors (Lipinski definition) is 1. The average Bonchev–Trinajstić information content (AvgIpc) is 2.56. The van der Waals surface area contributed by atoms with Gasteiger partial charge < -0.3 is 10.1 Å². The zero-order chi connectivity index (χ0) is 19.3. The largest absolute Gasteiger partial charge is 0.456 e. The fourth-order valence-corrected chi connectivity index (χ4v) is 2.77. The summed E-state index contributed by atoms with van der Waals surface area (Å²) in [7, 11) is 0. The molecule has 0 fully saturated rings. The van der Waals surface area contributed by atoms with Gasteiger partial charge in [-0.1, -0.05) is 23.8 Å². The predicted molar refractivity (Wildman–Crippen MR) is 94.7 cm³/mol. The van der Waals surface area contributed by atoms with Crippen LogP contribution in [0, 0.1) is 26.6 Å². The SMILES string of the molecule is Cc1cc(C)c(C(=O)COC(=O)CNC(=O)c2cccc(F)c2)c(C)c1. The molecular formula is C20H20FNO4. The maximum Gasteiger partial charge on any atom is 0.325 e. The number of Topliss-reactive ketones (excluding diaryl/α,β-unsaturated/α-hetero) is 1. The van der Waals surface area contributed by atoms with Crippen LogP contribution in [0.2, 0.25) is 0 Å². The highest BCUT2D eigenvalue weighted by molar-refractivity contribution is 6.01. The Kier molecular flexibility index (Phi) is 6.22. The van der Waals surface area contributed by atoms with Crippen LogP contribution in [0.1, 0.15) is 37.4 Å². The second-order valence-electron chi connectivity index (χ2n) is 6.05. The van der Waals surface area contributed by atoms with Crippen molar-refractivity contribution in [1.29, 1.82) is 0 Å². The molecule has 1 amide bonds. The van der Waals surface area contributed by atoms with Gasteiger partial charge in [-0.15, -0.1) is 0 Å². The minimum Gasteiger partial charge on any atom is -0.456 e. The first-order valence-corrected chi connectivity index (χ1v) is 8.08. The van der Waals surface area contributed by atoms with Crippen LogP contribution >= 0.6 is 0 Å². The summed E-state index contributed by atoms with van der Waals surface area (Å²) in [6.45, 7) is 4.78. The molecule has 2 aromatic carbocycles. The van der Waals surface area contributed by atoms with Gasteiger partial charge in [0.2, 0.25) is 5.78 Å². The molecule has 0 unspecified atom stereocenters. The Morgan fingerprint density at radius 3 is 2.31 bits per heavy atom. The van der Waals surface area contributed by atoms with Crippen molar-refractivity contribution >= 4 is 17.7 Å². The van der Waals surface area contributed by atoms with E-state index >= 15 is 0 Å². The van der Waals surface area contributed by atoms with E-state index in [-0.39, 0.29) is 11.3 Å². The minimum atomic E-state index is -0.745. The maximum atomic E-state index is 13.1. The zero-order valence-corrected chi connectivity index (χ0v) is 14.9. The molecule has 0 bridgehead atoms. The van der Waals surface area contributed by atoms with Crippen molar-refractivity contribution in [2.24, 2.45) is 0 Å². The second kappa shape index (κ2) is 8.38. The highest BCUT2D eigenvalue weighted by Crippen LogP contribution is 2.17. The van der Waals surface area contributed by atoms with Crippen LogP contribution in [0.4, 0.5) is 4.39 Å². The van der Waals surface area contributed by atoms with Gasteiger partial charge in [0.1, 0.15) is 12.4 Å². The number of aryl methyl sites for hydroxylation is 3. The van der Waals surface area contributed by atoms with Gasteiger partial charge in [0.25, 0.3) is 5.91 Å². The smallest absolute Gasteiger partial charge is 0.325 e. The molecule has 2 aromatic rings. The Morgan fingerprint density at radius 1 is 1.04 bits per heavy atom. The number of benzene rings is 2. The topological polar surface area (TPSA) is 72.5 Å². The monoisotopic (exact) mass is 357 g/mol. The molecule has 0 saturated carbocycles. The summed E-state index contributed by atoms with van der Waals surface area (Å²) < 4.78 is 18.0. The van der Waals surface area contributed by atoms with Crippen LogP contribution in [0.3, 0.4) is 0 Å². The van der Waals surface area contributed by atoms with Crippen molar-refractivity contribution in [2.45, 2.75) is 20.8 Å². The molecule has 0 saturated heterocycles. The Morgan fingerprint density at radius 2 is 1.69 bits per heavy atom. The Hall–Kier alpha value is -3.02. The summed E-state index contributed by atoms with van der Waals surface area (Å²) in [6.07, 6.45) is 0. The summed E-state index contributed by atoms with van der Waals surface area (Å²) in [5.41, 5.74) is 3.33. The van der Waals surface area contributed by atoms with E-state index in [9.17, 15) is 18.8 Å². The van der Waals surface area contributed by atoms with Gasteiger partial charge in [0, 0.05) is 11.1 Å². The molecule has 0 aromatic heterocycles. The number of carbonyl (C=O) groups is 3. The highest BCUT2D eigenvalue weighted by Gasteiger charge is 2.16. The van der Waals surface area contributed by atoms with Crippen molar-refractivity contribution in [3.63, 3.8) is 0 Å². The maximum absolute atomic E-state index is 13.1. The third-order valence-corrected chi connectivity index (χ3v) is 3.80. The molecule has 136 valence electrons. The van der Waals surface area contributed by atoms with Gasteiger partial charge in [-0.05, 0) is 50.1 Å². The molecule has 0 aliphatic rings. The number of amides is 1. The highest BCUT2D eigenvalue weighted by atomic mass is 19.1. The predicted octanol–water partition coefficient (Wildman–Crippen LogP) is 2.91. The van der Waals surface area contributed by atoms with Crippen LogP contribution in [-0.2, 0) is 9.53 Å². The number of ketones is 1. The summed E-state index contributed by atoms with van der Waals surface area (Å²) >= 11 is 0. The van der Waals surface area contributed by atoms with E-state index in [1.165, 1.54) is 18.2 Å². The number of halogens is 1. The van der Waals surface area contributed by atoms with Gasteiger partial charge in [0.05, 0.1) is 0 Å².